The van der Waals surface area contributed by atoms with Crippen molar-refractivity contribution in [2.45, 2.75) is 90.1 Å². The highest BCUT2D eigenvalue weighted by Crippen LogP contribution is 2.40. The number of H-pyrrole nitrogens is 1. The van der Waals surface area contributed by atoms with Gasteiger partial charge in [0.05, 0.1) is 16.7 Å². The Morgan fingerprint density at radius 2 is 1.71 bits per heavy atom. The van der Waals surface area contributed by atoms with E-state index in [1.165, 1.54) is 72.2 Å². The molecule has 6 rings (SSSR count). The summed E-state index contributed by atoms with van der Waals surface area (Å²) in [7, 11) is 2.34. The minimum Gasteiger partial charge on any atom is -0.353 e. The maximum absolute atomic E-state index is 5.31. The fraction of sp³-hybridized carbons (Fsp3) is 0.536. The molecule has 6 heteroatoms. The summed E-state index contributed by atoms with van der Waals surface area (Å²) in [6, 6.07) is 6.13. The highest BCUT2D eigenvalue weighted by atomic mass is 15.3. The Labute approximate surface area is 201 Å². The van der Waals surface area contributed by atoms with Crippen LogP contribution < -0.4 is 0 Å². The normalized spacial score (nSPS) is 21.4. The quantitative estimate of drug-likeness (QED) is 0.392. The summed E-state index contributed by atoms with van der Waals surface area (Å²) in [5.41, 5.74) is 10.5. The summed E-state index contributed by atoms with van der Waals surface area (Å²) >= 11 is 0. The van der Waals surface area contributed by atoms with E-state index in [4.69, 9.17) is 4.98 Å². The van der Waals surface area contributed by atoms with E-state index in [1.807, 2.05) is 4.52 Å². The standard InChI is InChI=1S/C28H36N6/c1-16(2)25-26(22-14-34-28(29-15-30-34)18(4)17(22)3)32-24-13-12-23(31-27(24)25)19-6-8-20(9-7-19)33(5)21-10-11-21/h12-16,19-21,32H,6-11H2,1-5H3. The smallest absolute Gasteiger partial charge is 0.158 e. The lowest BCUT2D eigenvalue weighted by Gasteiger charge is -2.34. The molecule has 0 amide bonds. The summed E-state index contributed by atoms with van der Waals surface area (Å²) in [6.45, 7) is 8.87. The van der Waals surface area contributed by atoms with Crippen molar-refractivity contribution in [3.05, 3.63) is 47.0 Å². The molecule has 6 nitrogen and oxygen atoms in total. The van der Waals surface area contributed by atoms with E-state index in [1.54, 1.807) is 6.33 Å². The molecule has 0 aliphatic heterocycles. The molecule has 0 spiro atoms. The second-order valence-electron chi connectivity index (χ2n) is 10.9. The summed E-state index contributed by atoms with van der Waals surface area (Å²) in [6.07, 6.45) is 11.6. The summed E-state index contributed by atoms with van der Waals surface area (Å²) in [5, 5.41) is 4.42. The number of aryl methyl sites for hydroxylation is 1. The van der Waals surface area contributed by atoms with Crippen molar-refractivity contribution < 1.29 is 0 Å². The topological polar surface area (TPSA) is 62.1 Å². The van der Waals surface area contributed by atoms with Gasteiger partial charge in [-0.3, -0.25) is 4.98 Å². The van der Waals surface area contributed by atoms with Gasteiger partial charge >= 0.3 is 0 Å². The van der Waals surface area contributed by atoms with Crippen LogP contribution in [0.2, 0.25) is 0 Å². The molecular weight excluding hydrogens is 420 g/mol. The van der Waals surface area contributed by atoms with Gasteiger partial charge in [0, 0.05) is 41.0 Å². The molecule has 2 fully saturated rings. The first kappa shape index (κ1) is 21.8. The molecular formula is C28H36N6. The molecule has 4 aromatic rings. The molecule has 0 radical (unpaired) electrons. The highest BCUT2D eigenvalue weighted by molar-refractivity contribution is 5.89. The van der Waals surface area contributed by atoms with Gasteiger partial charge in [-0.05, 0) is 88.6 Å². The first-order chi connectivity index (χ1) is 16.4. The van der Waals surface area contributed by atoms with Crippen LogP contribution in [0.1, 0.15) is 86.6 Å². The number of aromatic nitrogens is 5. The lowest BCUT2D eigenvalue weighted by Crippen LogP contribution is -2.36. The minimum atomic E-state index is 0.362. The van der Waals surface area contributed by atoms with E-state index in [9.17, 15) is 0 Å². The van der Waals surface area contributed by atoms with Crippen LogP contribution in [0.3, 0.4) is 0 Å². The Balaban J connectivity index is 1.37. The summed E-state index contributed by atoms with van der Waals surface area (Å²) in [4.78, 5) is 16.1. The molecule has 0 atom stereocenters. The second kappa shape index (κ2) is 8.19. The zero-order chi connectivity index (χ0) is 23.6. The molecule has 0 unspecified atom stereocenters. The first-order valence-electron chi connectivity index (χ1n) is 13.0. The van der Waals surface area contributed by atoms with Gasteiger partial charge in [-0.15, -0.1) is 0 Å². The zero-order valence-corrected chi connectivity index (χ0v) is 21.1. The number of hydrogen-bond acceptors (Lipinski definition) is 4. The number of nitrogens with zero attached hydrogens (tertiary/aromatic N) is 5. The van der Waals surface area contributed by atoms with Crippen LogP contribution in [0.4, 0.5) is 0 Å². The lowest BCUT2D eigenvalue weighted by molar-refractivity contribution is 0.174. The van der Waals surface area contributed by atoms with Crippen LogP contribution in [0.15, 0.2) is 24.7 Å². The molecule has 0 saturated heterocycles. The number of nitrogens with one attached hydrogen (secondary N) is 1. The van der Waals surface area contributed by atoms with E-state index in [0.717, 1.165) is 28.8 Å². The molecule has 0 bridgehead atoms. The van der Waals surface area contributed by atoms with Crippen LogP contribution in [0, 0.1) is 13.8 Å². The fourth-order valence-corrected chi connectivity index (χ4v) is 6.12. The van der Waals surface area contributed by atoms with Crippen molar-refractivity contribution in [1.82, 2.24) is 29.5 Å². The van der Waals surface area contributed by atoms with Gasteiger partial charge in [0.15, 0.2) is 5.65 Å². The van der Waals surface area contributed by atoms with Crippen LogP contribution in [0.5, 0.6) is 0 Å². The molecule has 2 saturated carbocycles. The monoisotopic (exact) mass is 456 g/mol. The van der Waals surface area contributed by atoms with E-state index in [0.29, 0.717) is 11.8 Å². The predicted octanol–water partition coefficient (Wildman–Crippen LogP) is 6.13. The Kier molecular flexibility index (Phi) is 5.25. The van der Waals surface area contributed by atoms with Crippen molar-refractivity contribution in [2.24, 2.45) is 0 Å². The van der Waals surface area contributed by atoms with Crippen molar-refractivity contribution in [3.8, 4) is 11.3 Å². The van der Waals surface area contributed by atoms with Gasteiger partial charge in [0.2, 0.25) is 0 Å². The average molecular weight is 457 g/mol. The zero-order valence-electron chi connectivity index (χ0n) is 21.1. The first-order valence-corrected chi connectivity index (χ1v) is 13.0. The Bertz CT molecular complexity index is 1350. The van der Waals surface area contributed by atoms with Gasteiger partial charge in [-0.2, -0.15) is 5.10 Å². The van der Waals surface area contributed by atoms with Crippen LogP contribution in [-0.2, 0) is 0 Å². The van der Waals surface area contributed by atoms with E-state index in [-0.39, 0.29) is 0 Å². The minimum absolute atomic E-state index is 0.362. The average Bonchev–Trinajstić information content (AvgIpc) is 3.45. The van der Waals surface area contributed by atoms with Crippen molar-refractivity contribution in [1.29, 1.82) is 0 Å². The number of rotatable bonds is 5. The van der Waals surface area contributed by atoms with Gasteiger partial charge in [0.25, 0.3) is 0 Å². The maximum atomic E-state index is 5.31. The number of pyridine rings is 2. The maximum Gasteiger partial charge on any atom is 0.158 e. The van der Waals surface area contributed by atoms with Crippen LogP contribution in [-0.4, -0.2) is 48.6 Å². The van der Waals surface area contributed by atoms with Crippen molar-refractivity contribution >= 4 is 16.7 Å². The number of aromatic amines is 1. The largest absolute Gasteiger partial charge is 0.353 e. The Morgan fingerprint density at radius 3 is 2.38 bits per heavy atom. The van der Waals surface area contributed by atoms with E-state index >= 15 is 0 Å². The van der Waals surface area contributed by atoms with Crippen LogP contribution in [0.25, 0.3) is 27.9 Å². The summed E-state index contributed by atoms with van der Waals surface area (Å²) < 4.78 is 1.89. The lowest BCUT2D eigenvalue weighted by atomic mass is 9.83. The molecule has 1 N–H and O–H groups in total. The second-order valence-corrected chi connectivity index (χ2v) is 10.9. The third-order valence-corrected chi connectivity index (χ3v) is 8.49. The third kappa shape index (κ3) is 3.54. The van der Waals surface area contributed by atoms with Crippen molar-refractivity contribution in [2.75, 3.05) is 7.05 Å². The van der Waals surface area contributed by atoms with Crippen LogP contribution >= 0.6 is 0 Å². The molecule has 4 aromatic heterocycles. The van der Waals surface area contributed by atoms with Gasteiger partial charge in [-0.25, -0.2) is 9.50 Å². The van der Waals surface area contributed by atoms with Gasteiger partial charge < -0.3 is 9.88 Å². The Hall–Kier alpha value is -2.73. The van der Waals surface area contributed by atoms with E-state index in [2.05, 4.69) is 73.0 Å². The SMILES string of the molecule is Cc1c(-c2[nH]c3ccc(C4CCC(N(C)C5CC5)CC4)nc3c2C(C)C)cn2ncnc2c1C. The predicted molar refractivity (Wildman–Crippen MR) is 137 cm³/mol. The number of hydrogen-bond donors (Lipinski definition) is 1. The van der Waals surface area contributed by atoms with Gasteiger partial charge in [-0.1, -0.05) is 13.8 Å². The molecule has 0 aromatic carbocycles. The molecule has 4 heterocycles. The molecule has 178 valence electrons. The fourth-order valence-electron chi connectivity index (χ4n) is 6.12. The molecule has 2 aliphatic carbocycles. The Morgan fingerprint density at radius 1 is 1.00 bits per heavy atom. The van der Waals surface area contributed by atoms with Crippen molar-refractivity contribution in [3.63, 3.8) is 0 Å². The third-order valence-electron chi connectivity index (χ3n) is 8.49. The van der Waals surface area contributed by atoms with Gasteiger partial charge in [0.1, 0.15) is 6.33 Å². The highest BCUT2D eigenvalue weighted by Gasteiger charge is 2.34. The number of fused-ring (bicyclic) bond motifs is 2. The van der Waals surface area contributed by atoms with E-state index < -0.39 is 0 Å². The molecule has 34 heavy (non-hydrogen) atoms. The summed E-state index contributed by atoms with van der Waals surface area (Å²) in [5.74, 6) is 0.933. The molecule has 2 aliphatic rings.